The van der Waals surface area contributed by atoms with Crippen LogP contribution in [0.15, 0.2) is 30.4 Å². The summed E-state index contributed by atoms with van der Waals surface area (Å²) in [7, 11) is 0. The van der Waals surface area contributed by atoms with Crippen molar-refractivity contribution in [1.82, 2.24) is 0 Å². The first-order valence-corrected chi connectivity index (χ1v) is 8.93. The third-order valence-electron chi connectivity index (χ3n) is 4.91. The van der Waals surface area contributed by atoms with E-state index in [2.05, 4.69) is 39.0 Å². The van der Waals surface area contributed by atoms with Crippen LogP contribution in [0.3, 0.4) is 0 Å². The van der Waals surface area contributed by atoms with Crippen LogP contribution in [0.1, 0.15) is 36.8 Å². The minimum atomic E-state index is -0.381. The first-order chi connectivity index (χ1) is 11.0. The number of aliphatic hydroxyl groups excluding tert-OH is 1. The van der Waals surface area contributed by atoms with Crippen LogP contribution < -0.4 is 4.74 Å². The summed E-state index contributed by atoms with van der Waals surface area (Å²) in [6.07, 6.45) is 7.40. The molecule has 1 N–H and O–H groups in total. The number of benzene rings is 1. The van der Waals surface area contributed by atoms with Crippen LogP contribution in [0.4, 0.5) is 0 Å². The van der Waals surface area contributed by atoms with E-state index in [0.717, 1.165) is 30.6 Å². The maximum Gasteiger partial charge on any atom is 0.122 e. The number of halogens is 1. The molecule has 0 aliphatic heterocycles. The quantitative estimate of drug-likeness (QED) is 0.385. The van der Waals surface area contributed by atoms with E-state index < -0.39 is 0 Å². The fraction of sp³-hybridized carbons (Fsp3) is 0.550. The van der Waals surface area contributed by atoms with Gasteiger partial charge < -0.3 is 16.8 Å². The van der Waals surface area contributed by atoms with Gasteiger partial charge >= 0.3 is 0 Å². The number of aryl methyl sites for hydroxylation is 1. The Kier molecular flexibility index (Phi) is 10.1. The molecule has 1 fully saturated rings. The summed E-state index contributed by atoms with van der Waals surface area (Å²) in [6.45, 7) is 8.50. The molecule has 1 radical (unpaired) electrons. The molecule has 1 aliphatic carbocycles. The van der Waals surface area contributed by atoms with E-state index in [1.165, 1.54) is 5.56 Å². The molecule has 0 heterocycles. The Morgan fingerprint density at radius 1 is 1.29 bits per heavy atom. The van der Waals surface area contributed by atoms with Crippen molar-refractivity contribution in [1.29, 1.82) is 0 Å². The van der Waals surface area contributed by atoms with Crippen molar-refractivity contribution < 1.29 is 42.6 Å². The second-order valence-electron chi connectivity index (χ2n) is 6.51. The molecule has 4 heteroatoms. The third-order valence-corrected chi connectivity index (χ3v) is 5.41. The van der Waals surface area contributed by atoms with Gasteiger partial charge in [0.2, 0.25) is 0 Å². The SMILES string of the molecule is [CH2-]CC/C=C\C[C@@H]1[C@@H](COc2cccc(C)c2C)[C@H](O)C[C@H]1Cl.[Y]. The van der Waals surface area contributed by atoms with Gasteiger partial charge in [0.05, 0.1) is 12.7 Å². The zero-order valence-electron chi connectivity index (χ0n) is 14.7. The number of ether oxygens (including phenoxy) is 1. The monoisotopic (exact) mass is 424 g/mol. The van der Waals surface area contributed by atoms with Gasteiger partial charge in [-0.25, -0.2) is 0 Å². The number of alkyl halides is 1. The van der Waals surface area contributed by atoms with Crippen molar-refractivity contribution in [3.8, 4) is 5.75 Å². The Morgan fingerprint density at radius 3 is 2.75 bits per heavy atom. The fourth-order valence-corrected chi connectivity index (χ4v) is 3.72. The first kappa shape index (κ1) is 22.2. The third kappa shape index (κ3) is 5.83. The largest absolute Gasteiger partial charge is 0.493 e. The molecule has 1 aliphatic rings. The second-order valence-corrected chi connectivity index (χ2v) is 7.07. The van der Waals surface area contributed by atoms with Crippen molar-refractivity contribution in [3.63, 3.8) is 0 Å². The number of aliphatic hydroxyl groups is 1. The van der Waals surface area contributed by atoms with Crippen LogP contribution in [-0.2, 0) is 32.7 Å². The zero-order valence-corrected chi connectivity index (χ0v) is 18.3. The van der Waals surface area contributed by atoms with Gasteiger partial charge in [0.15, 0.2) is 0 Å². The Morgan fingerprint density at radius 2 is 2.04 bits per heavy atom. The van der Waals surface area contributed by atoms with Gasteiger partial charge in [-0.2, -0.15) is 6.42 Å². The first-order valence-electron chi connectivity index (χ1n) is 8.50. The van der Waals surface area contributed by atoms with E-state index in [9.17, 15) is 5.11 Å². The number of allylic oxidation sites excluding steroid dienone is 2. The Bertz CT molecular complexity index is 532. The summed E-state index contributed by atoms with van der Waals surface area (Å²) >= 11 is 6.46. The van der Waals surface area contributed by atoms with Gasteiger partial charge in [-0.3, -0.25) is 0 Å². The molecule has 2 nitrogen and oxygen atoms in total. The molecule has 0 bridgehead atoms. The number of hydrogen-bond donors (Lipinski definition) is 1. The molecular weight excluding hydrogens is 397 g/mol. The predicted octanol–water partition coefficient (Wildman–Crippen LogP) is 4.84. The second kappa shape index (κ2) is 11.0. The van der Waals surface area contributed by atoms with Crippen LogP contribution >= 0.6 is 11.6 Å². The molecule has 0 amide bonds. The molecule has 1 aromatic carbocycles. The smallest absolute Gasteiger partial charge is 0.122 e. The van der Waals surface area contributed by atoms with Gasteiger partial charge in [0.1, 0.15) is 5.75 Å². The summed E-state index contributed by atoms with van der Waals surface area (Å²) in [5.74, 6) is 1.25. The molecule has 1 aromatic rings. The molecule has 0 aromatic heterocycles. The Labute approximate surface area is 176 Å². The predicted molar refractivity (Wildman–Crippen MR) is 97.0 cm³/mol. The standard InChI is InChI=1S/C20H28ClO2.Y/c1-4-5-6-7-10-16-17(19(22)12-18(16)21)13-23-20-11-8-9-14(2)15(20)3;/h6-9,11,16-19,22H,1,4-5,10,12-13H2,2-3H3;/q-1;/b7-6-;/t16-,17-,18-,19-;/m1./s1. The van der Waals surface area contributed by atoms with Crippen molar-refractivity contribution in [2.75, 3.05) is 6.61 Å². The molecular formula is C20H28ClO2Y-. The topological polar surface area (TPSA) is 29.5 Å². The average Bonchev–Trinajstić information content (AvgIpc) is 2.79. The number of hydrogen-bond acceptors (Lipinski definition) is 2. The van der Waals surface area contributed by atoms with Gasteiger partial charge in [0.25, 0.3) is 0 Å². The van der Waals surface area contributed by atoms with Gasteiger partial charge in [-0.1, -0.05) is 30.7 Å². The average molecular weight is 425 g/mol. The molecule has 1 saturated carbocycles. The van der Waals surface area contributed by atoms with Crippen molar-refractivity contribution in [2.45, 2.75) is 51.0 Å². The molecule has 4 atom stereocenters. The van der Waals surface area contributed by atoms with Crippen LogP contribution in [0.5, 0.6) is 5.75 Å². The molecule has 131 valence electrons. The Balaban J connectivity index is 0.00000288. The van der Waals surface area contributed by atoms with Crippen LogP contribution in [-0.4, -0.2) is 23.2 Å². The molecule has 0 saturated heterocycles. The van der Waals surface area contributed by atoms with Gasteiger partial charge in [-0.15, -0.1) is 11.6 Å². The van der Waals surface area contributed by atoms with Gasteiger partial charge in [0, 0.05) is 44.0 Å². The summed E-state index contributed by atoms with van der Waals surface area (Å²) in [5.41, 5.74) is 2.38. The summed E-state index contributed by atoms with van der Waals surface area (Å²) in [4.78, 5) is 0. The van der Waals surface area contributed by atoms with E-state index in [4.69, 9.17) is 16.3 Å². The summed E-state index contributed by atoms with van der Waals surface area (Å²) in [5, 5.41) is 10.4. The number of unbranched alkanes of at least 4 members (excludes halogenated alkanes) is 1. The molecule has 2 rings (SSSR count). The Hall–Kier alpha value is 0.114. The van der Waals surface area contributed by atoms with Gasteiger partial charge in [-0.05, 0) is 49.8 Å². The summed E-state index contributed by atoms with van der Waals surface area (Å²) < 4.78 is 6.03. The fourth-order valence-electron chi connectivity index (χ4n) is 3.25. The van der Waals surface area contributed by atoms with E-state index >= 15 is 0 Å². The van der Waals surface area contributed by atoms with E-state index in [1.54, 1.807) is 0 Å². The van der Waals surface area contributed by atoms with Crippen LogP contribution in [0.25, 0.3) is 0 Å². The summed E-state index contributed by atoms with van der Waals surface area (Å²) in [6, 6.07) is 6.08. The maximum absolute atomic E-state index is 10.3. The minimum absolute atomic E-state index is 0. The van der Waals surface area contributed by atoms with E-state index in [1.807, 2.05) is 12.1 Å². The van der Waals surface area contributed by atoms with Crippen molar-refractivity contribution in [3.05, 3.63) is 48.4 Å². The zero-order chi connectivity index (χ0) is 16.8. The van der Waals surface area contributed by atoms with Crippen molar-refractivity contribution >= 4 is 11.6 Å². The molecule has 24 heavy (non-hydrogen) atoms. The molecule has 0 unspecified atom stereocenters. The van der Waals surface area contributed by atoms with E-state index in [0.29, 0.717) is 13.0 Å². The van der Waals surface area contributed by atoms with Crippen molar-refractivity contribution in [2.24, 2.45) is 11.8 Å². The van der Waals surface area contributed by atoms with Crippen LogP contribution in [0.2, 0.25) is 0 Å². The van der Waals surface area contributed by atoms with E-state index in [-0.39, 0.29) is 56.0 Å². The minimum Gasteiger partial charge on any atom is -0.493 e. The number of rotatable bonds is 7. The normalized spacial score (nSPS) is 26.5. The maximum atomic E-state index is 10.3. The van der Waals surface area contributed by atoms with Crippen LogP contribution in [0, 0.1) is 32.6 Å². The molecule has 0 spiro atoms.